The number of aryl methyl sites for hydroxylation is 1. The predicted molar refractivity (Wildman–Crippen MR) is 61.1 cm³/mol. The van der Waals surface area contributed by atoms with Gasteiger partial charge < -0.3 is 15.7 Å². The van der Waals surface area contributed by atoms with Crippen molar-refractivity contribution < 1.29 is 5.11 Å². The summed E-state index contributed by atoms with van der Waals surface area (Å²) in [6.07, 6.45) is 1.37. The molecule has 1 atom stereocenters. The third-order valence-corrected chi connectivity index (χ3v) is 1.87. The van der Waals surface area contributed by atoms with Crippen molar-refractivity contribution >= 4 is 11.8 Å². The summed E-state index contributed by atoms with van der Waals surface area (Å²) in [5.74, 6) is 1.37. The van der Waals surface area contributed by atoms with Gasteiger partial charge in [0.15, 0.2) is 0 Å². The van der Waals surface area contributed by atoms with E-state index < -0.39 is 0 Å². The van der Waals surface area contributed by atoms with Crippen LogP contribution in [0.15, 0.2) is 6.20 Å². The van der Waals surface area contributed by atoms with Crippen LogP contribution in [0.4, 0.5) is 11.8 Å². The van der Waals surface area contributed by atoms with E-state index in [0.717, 1.165) is 17.9 Å². The van der Waals surface area contributed by atoms with E-state index in [2.05, 4.69) is 20.6 Å². The molecule has 0 radical (unpaired) electrons. The fourth-order valence-corrected chi connectivity index (χ4v) is 1.11. The maximum Gasteiger partial charge on any atom is 0.224 e. The Morgan fingerprint density at radius 1 is 1.47 bits per heavy atom. The minimum atomic E-state index is -0.387. The number of aromatic nitrogens is 2. The van der Waals surface area contributed by atoms with Gasteiger partial charge in [-0.05, 0) is 20.8 Å². The van der Waals surface area contributed by atoms with Gasteiger partial charge in [0.05, 0.1) is 6.10 Å². The van der Waals surface area contributed by atoms with Gasteiger partial charge >= 0.3 is 0 Å². The minimum absolute atomic E-state index is 0.387. The summed E-state index contributed by atoms with van der Waals surface area (Å²) in [5.41, 5.74) is 0.970. The van der Waals surface area contributed by atoms with Gasteiger partial charge in [0.25, 0.3) is 0 Å². The van der Waals surface area contributed by atoms with Crippen molar-refractivity contribution in [3.05, 3.63) is 11.8 Å². The van der Waals surface area contributed by atoms with Crippen LogP contribution in [0.1, 0.15) is 19.4 Å². The number of hydrogen-bond acceptors (Lipinski definition) is 5. The molecule has 0 spiro atoms. The van der Waals surface area contributed by atoms with E-state index in [0.29, 0.717) is 12.5 Å². The van der Waals surface area contributed by atoms with E-state index in [1.54, 1.807) is 13.1 Å². The lowest BCUT2D eigenvalue weighted by Crippen LogP contribution is -2.17. The highest BCUT2D eigenvalue weighted by Gasteiger charge is 2.03. The summed E-state index contributed by atoms with van der Waals surface area (Å²) >= 11 is 0. The highest BCUT2D eigenvalue weighted by atomic mass is 16.3. The number of aliphatic hydroxyl groups excluding tert-OH is 1. The molecule has 0 saturated heterocycles. The van der Waals surface area contributed by atoms with Crippen molar-refractivity contribution in [1.82, 2.24) is 9.97 Å². The van der Waals surface area contributed by atoms with Crippen molar-refractivity contribution in [3.63, 3.8) is 0 Å². The second-order valence-corrected chi connectivity index (χ2v) is 3.49. The molecule has 1 aromatic rings. The zero-order valence-corrected chi connectivity index (χ0v) is 9.41. The van der Waals surface area contributed by atoms with Crippen LogP contribution in [0.5, 0.6) is 0 Å². The molecule has 84 valence electrons. The Kier molecular flexibility index (Phi) is 4.30. The molecule has 1 heterocycles. The molecule has 5 heteroatoms. The van der Waals surface area contributed by atoms with E-state index in [1.807, 2.05) is 13.8 Å². The van der Waals surface area contributed by atoms with Crippen LogP contribution in [-0.2, 0) is 0 Å². The first kappa shape index (κ1) is 11.7. The highest BCUT2D eigenvalue weighted by Crippen LogP contribution is 2.12. The average Bonchev–Trinajstić information content (AvgIpc) is 2.19. The average molecular weight is 210 g/mol. The molecule has 1 aromatic heterocycles. The lowest BCUT2D eigenvalue weighted by Gasteiger charge is -2.11. The monoisotopic (exact) mass is 210 g/mol. The van der Waals surface area contributed by atoms with Crippen molar-refractivity contribution in [2.45, 2.75) is 26.9 Å². The van der Waals surface area contributed by atoms with Crippen LogP contribution in [0.25, 0.3) is 0 Å². The van der Waals surface area contributed by atoms with Gasteiger partial charge in [-0.1, -0.05) is 0 Å². The molecule has 0 aromatic carbocycles. The van der Waals surface area contributed by atoms with Gasteiger partial charge in [-0.2, -0.15) is 4.98 Å². The van der Waals surface area contributed by atoms with Gasteiger partial charge in [-0.15, -0.1) is 0 Å². The maximum absolute atomic E-state index is 9.16. The normalized spacial score (nSPS) is 12.3. The van der Waals surface area contributed by atoms with Gasteiger partial charge in [0.2, 0.25) is 5.95 Å². The van der Waals surface area contributed by atoms with Crippen molar-refractivity contribution in [1.29, 1.82) is 0 Å². The Bertz CT molecular complexity index is 314. The first-order valence-corrected chi connectivity index (χ1v) is 5.13. The lowest BCUT2D eigenvalue weighted by atomic mass is 10.3. The Hall–Kier alpha value is -1.36. The molecule has 0 saturated carbocycles. The number of aliphatic hydroxyl groups is 1. The summed E-state index contributed by atoms with van der Waals surface area (Å²) in [6, 6.07) is 0. The van der Waals surface area contributed by atoms with E-state index >= 15 is 0 Å². The van der Waals surface area contributed by atoms with Crippen LogP contribution >= 0.6 is 0 Å². The number of anilines is 2. The first-order valence-electron chi connectivity index (χ1n) is 5.13. The molecule has 3 N–H and O–H groups in total. The predicted octanol–water partition coefficient (Wildman–Crippen LogP) is 1.01. The molecule has 0 aliphatic carbocycles. The zero-order chi connectivity index (χ0) is 11.3. The molecule has 1 unspecified atom stereocenters. The molecule has 0 amide bonds. The third-order valence-electron chi connectivity index (χ3n) is 1.87. The summed E-state index contributed by atoms with van der Waals surface area (Å²) < 4.78 is 0. The molecular formula is C10H18N4O. The van der Waals surface area contributed by atoms with E-state index in [-0.39, 0.29) is 6.10 Å². The van der Waals surface area contributed by atoms with Crippen LogP contribution in [0.2, 0.25) is 0 Å². The number of nitrogens with one attached hydrogen (secondary N) is 2. The van der Waals surface area contributed by atoms with Crippen LogP contribution in [-0.4, -0.2) is 34.3 Å². The van der Waals surface area contributed by atoms with Crippen molar-refractivity contribution in [2.75, 3.05) is 23.7 Å². The molecule has 0 aliphatic rings. The number of hydrogen-bond donors (Lipinski definition) is 3. The first-order chi connectivity index (χ1) is 7.13. The minimum Gasteiger partial charge on any atom is -0.392 e. The second-order valence-electron chi connectivity index (χ2n) is 3.49. The summed E-state index contributed by atoms with van der Waals surface area (Å²) in [4.78, 5) is 8.42. The van der Waals surface area contributed by atoms with Gasteiger partial charge in [-0.25, -0.2) is 4.98 Å². The molecule has 5 nitrogen and oxygen atoms in total. The van der Waals surface area contributed by atoms with Gasteiger partial charge in [0.1, 0.15) is 5.82 Å². The smallest absolute Gasteiger partial charge is 0.224 e. The molecule has 15 heavy (non-hydrogen) atoms. The fraction of sp³-hybridized carbons (Fsp3) is 0.600. The Morgan fingerprint density at radius 2 is 2.20 bits per heavy atom. The van der Waals surface area contributed by atoms with E-state index in [4.69, 9.17) is 5.11 Å². The lowest BCUT2D eigenvalue weighted by molar-refractivity contribution is 0.208. The summed E-state index contributed by atoms with van der Waals surface area (Å²) in [5, 5.41) is 15.3. The van der Waals surface area contributed by atoms with Crippen molar-refractivity contribution in [3.8, 4) is 0 Å². The van der Waals surface area contributed by atoms with E-state index in [9.17, 15) is 0 Å². The summed E-state index contributed by atoms with van der Waals surface area (Å²) in [6.45, 7) is 6.93. The molecule has 1 rings (SSSR count). The molecular weight excluding hydrogens is 192 g/mol. The molecule has 0 aliphatic heterocycles. The largest absolute Gasteiger partial charge is 0.392 e. The number of nitrogens with zero attached hydrogens (tertiary/aromatic N) is 2. The standard InChI is InChI=1S/C10H18N4O/c1-4-11-10-13-5-7(2)9(14-10)12-6-8(3)15/h5,8,15H,4,6H2,1-3H3,(H2,11,12,13,14). The topological polar surface area (TPSA) is 70.1 Å². The SMILES string of the molecule is CCNc1ncc(C)c(NCC(C)O)n1. The number of rotatable bonds is 5. The summed E-state index contributed by atoms with van der Waals surface area (Å²) in [7, 11) is 0. The Morgan fingerprint density at radius 3 is 2.80 bits per heavy atom. The maximum atomic E-state index is 9.16. The second kappa shape index (κ2) is 5.50. The van der Waals surface area contributed by atoms with Crippen LogP contribution in [0, 0.1) is 6.92 Å². The van der Waals surface area contributed by atoms with Gasteiger partial charge in [-0.3, -0.25) is 0 Å². The Balaban J connectivity index is 2.71. The molecule has 0 fully saturated rings. The van der Waals surface area contributed by atoms with E-state index in [1.165, 1.54) is 0 Å². The molecule has 0 bridgehead atoms. The van der Waals surface area contributed by atoms with Crippen molar-refractivity contribution in [2.24, 2.45) is 0 Å². The zero-order valence-electron chi connectivity index (χ0n) is 9.41. The van der Waals surface area contributed by atoms with Gasteiger partial charge in [0, 0.05) is 24.8 Å². The quantitative estimate of drug-likeness (QED) is 0.676. The Labute approximate surface area is 90.0 Å². The fourth-order valence-electron chi connectivity index (χ4n) is 1.11. The third kappa shape index (κ3) is 3.71. The van der Waals surface area contributed by atoms with Crippen LogP contribution in [0.3, 0.4) is 0 Å². The van der Waals surface area contributed by atoms with Crippen LogP contribution < -0.4 is 10.6 Å². The highest BCUT2D eigenvalue weighted by molar-refractivity contribution is 5.46.